The Morgan fingerprint density at radius 3 is 2.54 bits per heavy atom. The summed E-state index contributed by atoms with van der Waals surface area (Å²) in [5.41, 5.74) is 0.771. The number of hydrogen-bond acceptors (Lipinski definition) is 2. The maximum atomic E-state index is 12.4. The number of methoxy groups -OCH3 is 1. The number of fused-ring (bicyclic) bond motifs is 2. The van der Waals surface area contributed by atoms with Crippen molar-refractivity contribution < 1.29 is 14.4 Å². The van der Waals surface area contributed by atoms with Crippen molar-refractivity contribution in [1.82, 2.24) is 5.32 Å². The minimum Gasteiger partial charge on any atom is -0.497 e. The number of hydrogen-bond donors (Lipinski definition) is 3. The van der Waals surface area contributed by atoms with E-state index in [-0.39, 0.29) is 6.03 Å². The molecule has 5 heteroatoms. The smallest absolute Gasteiger partial charge is 0.319 e. The normalized spacial score (nSPS) is 32.0. The zero-order valence-electron chi connectivity index (χ0n) is 14.4. The van der Waals surface area contributed by atoms with Crippen molar-refractivity contribution in [2.75, 3.05) is 12.4 Å². The van der Waals surface area contributed by atoms with Crippen LogP contribution in [0.3, 0.4) is 0 Å². The molecule has 1 aromatic carbocycles. The van der Waals surface area contributed by atoms with Gasteiger partial charge in [-0.05, 0) is 31.4 Å². The summed E-state index contributed by atoms with van der Waals surface area (Å²) in [7, 11) is 1.63. The molecule has 130 valence electrons. The van der Waals surface area contributed by atoms with E-state index in [1.54, 1.807) is 7.11 Å². The van der Waals surface area contributed by atoms with Crippen molar-refractivity contribution in [2.45, 2.75) is 69.1 Å². The second-order valence-electron chi connectivity index (χ2n) is 7.60. The highest BCUT2D eigenvalue weighted by molar-refractivity contribution is 5.89. The lowest BCUT2D eigenvalue weighted by atomic mass is 9.81. The van der Waals surface area contributed by atoms with Crippen LogP contribution in [0.1, 0.15) is 44.9 Å². The lowest BCUT2D eigenvalue weighted by molar-refractivity contribution is -0.971. The van der Waals surface area contributed by atoms with Gasteiger partial charge < -0.3 is 20.3 Å². The highest BCUT2D eigenvalue weighted by Crippen LogP contribution is 2.27. The molecule has 2 aliphatic heterocycles. The van der Waals surface area contributed by atoms with Crippen LogP contribution in [-0.4, -0.2) is 37.3 Å². The van der Waals surface area contributed by atoms with Gasteiger partial charge in [0, 0.05) is 43.5 Å². The lowest BCUT2D eigenvalue weighted by Crippen LogP contribution is -3.22. The molecule has 4 rings (SSSR count). The van der Waals surface area contributed by atoms with E-state index in [4.69, 9.17) is 4.74 Å². The van der Waals surface area contributed by atoms with Crippen molar-refractivity contribution >= 4 is 11.7 Å². The van der Waals surface area contributed by atoms with Gasteiger partial charge in [0.15, 0.2) is 0 Å². The molecule has 0 radical (unpaired) electrons. The molecule has 1 saturated carbocycles. The summed E-state index contributed by atoms with van der Waals surface area (Å²) >= 11 is 0. The third kappa shape index (κ3) is 3.36. The minimum absolute atomic E-state index is 0.0961. The van der Waals surface area contributed by atoms with Gasteiger partial charge in [-0.3, -0.25) is 0 Å². The molecule has 0 unspecified atom stereocenters. The van der Waals surface area contributed by atoms with Crippen molar-refractivity contribution in [1.29, 1.82) is 0 Å². The van der Waals surface area contributed by atoms with E-state index >= 15 is 0 Å². The molecule has 0 spiro atoms. The predicted octanol–water partition coefficient (Wildman–Crippen LogP) is 1.95. The first-order valence-electron chi connectivity index (χ1n) is 9.31. The molecule has 3 N–H and O–H groups in total. The monoisotopic (exact) mass is 330 g/mol. The molecule has 1 aromatic rings. The van der Waals surface area contributed by atoms with Crippen molar-refractivity contribution in [3.63, 3.8) is 0 Å². The average molecular weight is 330 g/mol. The largest absolute Gasteiger partial charge is 0.497 e. The van der Waals surface area contributed by atoms with E-state index in [2.05, 4.69) is 10.6 Å². The van der Waals surface area contributed by atoms with Crippen molar-refractivity contribution in [3.8, 4) is 5.75 Å². The van der Waals surface area contributed by atoms with Crippen LogP contribution in [0.15, 0.2) is 24.3 Å². The molecule has 2 saturated heterocycles. The molecule has 2 bridgehead atoms. The van der Waals surface area contributed by atoms with E-state index in [1.807, 2.05) is 29.2 Å². The number of piperidine rings is 2. The highest BCUT2D eigenvalue weighted by Gasteiger charge is 2.48. The van der Waals surface area contributed by atoms with Gasteiger partial charge in [0.2, 0.25) is 0 Å². The van der Waals surface area contributed by atoms with Crippen LogP contribution in [0.25, 0.3) is 0 Å². The average Bonchev–Trinajstić information content (AvgIpc) is 3.39. The SMILES string of the molecule is COc1cccc(NC(=O)NC2C[C@H]3CCC[C@H](C2)[NH+]3C2CC2)c1. The zero-order valence-corrected chi connectivity index (χ0v) is 14.4. The Bertz CT molecular complexity index is 588. The van der Waals surface area contributed by atoms with E-state index in [0.717, 1.165) is 42.4 Å². The second-order valence-corrected chi connectivity index (χ2v) is 7.60. The molecule has 24 heavy (non-hydrogen) atoms. The number of amides is 2. The predicted molar refractivity (Wildman–Crippen MR) is 93.6 cm³/mol. The Morgan fingerprint density at radius 2 is 1.88 bits per heavy atom. The Kier molecular flexibility index (Phi) is 4.35. The van der Waals surface area contributed by atoms with Gasteiger partial charge in [0.1, 0.15) is 5.75 Å². The molecular weight excluding hydrogens is 302 g/mol. The van der Waals surface area contributed by atoms with Crippen LogP contribution in [0.5, 0.6) is 5.75 Å². The fraction of sp³-hybridized carbons (Fsp3) is 0.632. The number of nitrogens with one attached hydrogen (secondary N) is 3. The first kappa shape index (κ1) is 15.8. The maximum absolute atomic E-state index is 12.4. The molecule has 1 aliphatic carbocycles. The summed E-state index contributed by atoms with van der Waals surface area (Å²) in [5, 5.41) is 6.15. The quantitative estimate of drug-likeness (QED) is 0.790. The minimum atomic E-state index is -0.0961. The highest BCUT2D eigenvalue weighted by atomic mass is 16.5. The Balaban J connectivity index is 1.34. The van der Waals surface area contributed by atoms with Crippen LogP contribution in [0.4, 0.5) is 10.5 Å². The number of carbonyl (C=O) groups excluding carboxylic acids is 1. The lowest BCUT2D eigenvalue weighted by Gasteiger charge is -2.46. The summed E-state index contributed by atoms with van der Waals surface area (Å²) in [5.74, 6) is 0.753. The third-order valence-electron chi connectivity index (χ3n) is 5.90. The number of ether oxygens (including phenoxy) is 1. The Labute approximate surface area is 143 Å². The molecule has 2 atom stereocenters. The van der Waals surface area contributed by atoms with Crippen molar-refractivity contribution in [2.24, 2.45) is 0 Å². The number of anilines is 1. The number of carbonyl (C=O) groups is 1. The van der Waals surface area contributed by atoms with E-state index < -0.39 is 0 Å². The molecule has 3 fully saturated rings. The Hall–Kier alpha value is -1.75. The van der Waals surface area contributed by atoms with Gasteiger partial charge in [-0.15, -0.1) is 0 Å². The van der Waals surface area contributed by atoms with Crippen LogP contribution >= 0.6 is 0 Å². The summed E-state index contributed by atoms with van der Waals surface area (Å²) in [6.07, 6.45) is 9.12. The molecule has 2 heterocycles. The summed E-state index contributed by atoms with van der Waals surface area (Å²) in [6, 6.07) is 10.1. The zero-order chi connectivity index (χ0) is 16.5. The topological polar surface area (TPSA) is 54.8 Å². The third-order valence-corrected chi connectivity index (χ3v) is 5.90. The van der Waals surface area contributed by atoms with Crippen LogP contribution in [0.2, 0.25) is 0 Å². The van der Waals surface area contributed by atoms with E-state index in [0.29, 0.717) is 6.04 Å². The summed E-state index contributed by atoms with van der Waals surface area (Å²) in [6.45, 7) is 0. The summed E-state index contributed by atoms with van der Waals surface area (Å²) in [4.78, 5) is 14.2. The number of urea groups is 1. The first-order chi connectivity index (χ1) is 11.7. The van der Waals surface area contributed by atoms with Gasteiger partial charge in [0.25, 0.3) is 0 Å². The van der Waals surface area contributed by atoms with Crippen molar-refractivity contribution in [3.05, 3.63) is 24.3 Å². The molecular formula is C19H28N3O2+. The van der Waals surface area contributed by atoms with Gasteiger partial charge in [-0.1, -0.05) is 6.07 Å². The van der Waals surface area contributed by atoms with Gasteiger partial charge >= 0.3 is 6.03 Å². The van der Waals surface area contributed by atoms with Gasteiger partial charge in [-0.2, -0.15) is 0 Å². The Morgan fingerprint density at radius 1 is 1.12 bits per heavy atom. The molecule has 2 amide bonds. The van der Waals surface area contributed by atoms with Crippen LogP contribution in [0, 0.1) is 0 Å². The first-order valence-corrected chi connectivity index (χ1v) is 9.31. The van der Waals surface area contributed by atoms with Crippen LogP contribution in [-0.2, 0) is 0 Å². The molecule has 3 aliphatic rings. The van der Waals surface area contributed by atoms with Gasteiger partial charge in [0.05, 0.1) is 25.2 Å². The second kappa shape index (κ2) is 6.63. The number of quaternary nitrogens is 1. The van der Waals surface area contributed by atoms with Gasteiger partial charge in [-0.25, -0.2) is 4.79 Å². The maximum Gasteiger partial charge on any atom is 0.319 e. The van der Waals surface area contributed by atoms with E-state index in [1.165, 1.54) is 32.1 Å². The number of rotatable bonds is 4. The fourth-order valence-electron chi connectivity index (χ4n) is 4.82. The number of benzene rings is 1. The summed E-state index contributed by atoms with van der Waals surface area (Å²) < 4.78 is 5.20. The van der Waals surface area contributed by atoms with Crippen LogP contribution < -0.4 is 20.3 Å². The van der Waals surface area contributed by atoms with E-state index in [9.17, 15) is 4.79 Å². The fourth-order valence-corrected chi connectivity index (χ4v) is 4.82. The molecule has 5 nitrogen and oxygen atoms in total. The molecule has 0 aromatic heterocycles. The standard InChI is InChI=1S/C19H27N3O2/c1-24-18-7-2-4-13(12-18)20-19(23)21-14-10-16-5-3-6-17(11-14)22(16)15-8-9-15/h2,4,7,12,14-17H,3,5-6,8-11H2,1H3,(H2,20,21,23)/p+1/t16-,17-/m1/s1.